The number of hydrogen-bond donors (Lipinski definition) is 2. The topological polar surface area (TPSA) is 32.3 Å². The third kappa shape index (κ3) is 4.28. The summed E-state index contributed by atoms with van der Waals surface area (Å²) in [7, 11) is 0. The molecule has 1 atom stereocenters. The maximum absolute atomic E-state index is 10.1. The molecule has 0 amide bonds. The molecule has 1 fully saturated rings. The van der Waals surface area contributed by atoms with Crippen LogP contribution in [0.4, 0.5) is 0 Å². The molecule has 17 heavy (non-hydrogen) atoms. The van der Waals surface area contributed by atoms with Gasteiger partial charge < -0.3 is 10.4 Å². The molecule has 0 radical (unpaired) electrons. The first-order chi connectivity index (χ1) is 8.25. The molecule has 1 unspecified atom stereocenters. The van der Waals surface area contributed by atoms with Crippen molar-refractivity contribution in [3.8, 4) is 0 Å². The normalized spacial score (nSPS) is 19.2. The minimum atomic E-state index is -0.415. The lowest BCUT2D eigenvalue weighted by atomic mass is 10.1. The highest BCUT2D eigenvalue weighted by atomic mass is 79.9. The van der Waals surface area contributed by atoms with Gasteiger partial charge in [0.2, 0.25) is 0 Å². The van der Waals surface area contributed by atoms with Crippen molar-refractivity contribution in [2.45, 2.75) is 25.0 Å². The van der Waals surface area contributed by atoms with Crippen molar-refractivity contribution in [3.63, 3.8) is 0 Å². The lowest BCUT2D eigenvalue weighted by Gasteiger charge is -2.24. The largest absolute Gasteiger partial charge is 0.387 e. The molecule has 1 aromatic rings. The maximum Gasteiger partial charge on any atom is 0.0914 e. The van der Waals surface area contributed by atoms with Crippen LogP contribution in [0, 0.1) is 0 Å². The van der Waals surface area contributed by atoms with E-state index in [9.17, 15) is 5.11 Å². The van der Waals surface area contributed by atoms with Crippen LogP contribution >= 0.6 is 27.7 Å². The van der Waals surface area contributed by atoms with Gasteiger partial charge in [-0.2, -0.15) is 11.8 Å². The summed E-state index contributed by atoms with van der Waals surface area (Å²) >= 11 is 5.45. The Hall–Kier alpha value is -0.0300. The monoisotopic (exact) mass is 315 g/mol. The average Bonchev–Trinajstić information content (AvgIpc) is 2.37. The zero-order chi connectivity index (χ0) is 12.1. The number of aliphatic hydroxyl groups is 1. The molecular weight excluding hydrogens is 298 g/mol. The summed E-state index contributed by atoms with van der Waals surface area (Å²) in [6.07, 6.45) is 2.02. The average molecular weight is 316 g/mol. The van der Waals surface area contributed by atoms with Gasteiger partial charge in [0.1, 0.15) is 0 Å². The number of aliphatic hydroxyl groups excluding tert-OH is 1. The first kappa shape index (κ1) is 13.4. The molecule has 1 aliphatic heterocycles. The summed E-state index contributed by atoms with van der Waals surface area (Å²) in [6, 6.07) is 8.46. The van der Waals surface area contributed by atoms with Gasteiger partial charge in [0.15, 0.2) is 0 Å². The molecule has 0 aliphatic carbocycles. The van der Waals surface area contributed by atoms with Crippen molar-refractivity contribution in [3.05, 3.63) is 34.3 Å². The Labute approximate surface area is 115 Å². The number of halogens is 1. The van der Waals surface area contributed by atoms with Crippen molar-refractivity contribution >= 4 is 27.7 Å². The first-order valence-corrected chi connectivity index (χ1v) is 7.95. The van der Waals surface area contributed by atoms with Gasteiger partial charge in [-0.1, -0.05) is 28.1 Å². The van der Waals surface area contributed by atoms with E-state index in [1.54, 1.807) is 0 Å². The van der Waals surface area contributed by atoms with Crippen LogP contribution in [-0.2, 0) is 0 Å². The molecule has 0 aromatic heterocycles. The Kier molecular flexibility index (Phi) is 5.35. The number of thioether (sulfide) groups is 1. The van der Waals surface area contributed by atoms with Crippen LogP contribution in [-0.4, -0.2) is 29.2 Å². The number of hydrogen-bond acceptors (Lipinski definition) is 3. The van der Waals surface area contributed by atoms with Crippen molar-refractivity contribution in [2.24, 2.45) is 0 Å². The Morgan fingerprint density at radius 3 is 2.88 bits per heavy atom. The fourth-order valence-electron chi connectivity index (χ4n) is 2.01. The summed E-state index contributed by atoms with van der Waals surface area (Å²) in [4.78, 5) is 0. The van der Waals surface area contributed by atoms with Gasteiger partial charge in [0.25, 0.3) is 0 Å². The number of benzene rings is 1. The molecule has 94 valence electrons. The van der Waals surface area contributed by atoms with Crippen LogP contribution in [0.5, 0.6) is 0 Å². The molecule has 1 aromatic carbocycles. The van der Waals surface area contributed by atoms with Crippen molar-refractivity contribution in [1.82, 2.24) is 5.32 Å². The van der Waals surface area contributed by atoms with E-state index < -0.39 is 6.10 Å². The van der Waals surface area contributed by atoms with Crippen LogP contribution in [0.3, 0.4) is 0 Å². The highest BCUT2D eigenvalue weighted by Crippen LogP contribution is 2.20. The van der Waals surface area contributed by atoms with Crippen LogP contribution in [0.25, 0.3) is 0 Å². The van der Waals surface area contributed by atoms with Gasteiger partial charge >= 0.3 is 0 Å². The summed E-state index contributed by atoms with van der Waals surface area (Å²) in [5.41, 5.74) is 0.969. The quantitative estimate of drug-likeness (QED) is 0.896. The molecule has 0 saturated carbocycles. The van der Waals surface area contributed by atoms with E-state index in [4.69, 9.17) is 0 Å². The highest BCUT2D eigenvalue weighted by molar-refractivity contribution is 9.10. The lowest BCUT2D eigenvalue weighted by molar-refractivity contribution is 0.168. The highest BCUT2D eigenvalue weighted by Gasteiger charge is 2.15. The standard InChI is InChI=1S/C13H18BrNOS/c14-11-3-1-2-10(8-11)13(16)9-15-12-4-6-17-7-5-12/h1-3,8,12-13,15-16H,4-7,9H2. The Bertz CT molecular complexity index is 355. The summed E-state index contributed by atoms with van der Waals surface area (Å²) in [5, 5.41) is 13.5. The lowest BCUT2D eigenvalue weighted by Crippen LogP contribution is -2.35. The second-order valence-electron chi connectivity index (χ2n) is 4.37. The molecule has 2 nitrogen and oxygen atoms in total. The SMILES string of the molecule is OC(CNC1CCSCC1)c1cccc(Br)c1. The van der Waals surface area contributed by atoms with E-state index >= 15 is 0 Å². The second-order valence-corrected chi connectivity index (χ2v) is 6.51. The van der Waals surface area contributed by atoms with Crippen LogP contribution in [0.1, 0.15) is 24.5 Å². The van der Waals surface area contributed by atoms with Gasteiger partial charge in [0, 0.05) is 17.1 Å². The van der Waals surface area contributed by atoms with Gasteiger partial charge in [-0.15, -0.1) is 0 Å². The van der Waals surface area contributed by atoms with Crippen molar-refractivity contribution in [1.29, 1.82) is 0 Å². The molecule has 1 aliphatic rings. The fourth-order valence-corrected chi connectivity index (χ4v) is 3.54. The van der Waals surface area contributed by atoms with E-state index in [1.807, 2.05) is 36.0 Å². The zero-order valence-corrected chi connectivity index (χ0v) is 12.1. The van der Waals surface area contributed by atoms with E-state index in [-0.39, 0.29) is 0 Å². The molecule has 2 rings (SSSR count). The van der Waals surface area contributed by atoms with Gasteiger partial charge in [-0.25, -0.2) is 0 Å². The third-order valence-corrected chi connectivity index (χ3v) is 4.60. The Morgan fingerprint density at radius 1 is 1.41 bits per heavy atom. The Balaban J connectivity index is 1.82. The second kappa shape index (κ2) is 6.78. The summed E-state index contributed by atoms with van der Waals surface area (Å²) in [5.74, 6) is 2.48. The van der Waals surface area contributed by atoms with Crippen LogP contribution in [0.15, 0.2) is 28.7 Å². The molecule has 0 bridgehead atoms. The number of nitrogens with one attached hydrogen (secondary N) is 1. The predicted octanol–water partition coefficient (Wildman–Crippen LogP) is 2.97. The van der Waals surface area contributed by atoms with Crippen molar-refractivity contribution < 1.29 is 5.11 Å². The molecule has 4 heteroatoms. The Morgan fingerprint density at radius 2 is 2.18 bits per heavy atom. The van der Waals surface area contributed by atoms with Gasteiger partial charge in [-0.05, 0) is 42.0 Å². The minimum Gasteiger partial charge on any atom is -0.387 e. The van der Waals surface area contributed by atoms with Crippen molar-refractivity contribution in [2.75, 3.05) is 18.1 Å². The smallest absolute Gasteiger partial charge is 0.0914 e. The van der Waals surface area contributed by atoms with Crippen LogP contribution < -0.4 is 5.32 Å². The summed E-state index contributed by atoms with van der Waals surface area (Å²) < 4.78 is 1.02. The number of rotatable bonds is 4. The van der Waals surface area contributed by atoms with E-state index in [1.165, 1.54) is 24.3 Å². The van der Waals surface area contributed by atoms with E-state index in [0.717, 1.165) is 10.0 Å². The summed E-state index contributed by atoms with van der Waals surface area (Å²) in [6.45, 7) is 0.645. The molecule has 1 saturated heterocycles. The molecular formula is C13H18BrNOS. The van der Waals surface area contributed by atoms with E-state index in [2.05, 4.69) is 21.2 Å². The van der Waals surface area contributed by atoms with Gasteiger partial charge in [-0.3, -0.25) is 0 Å². The predicted molar refractivity (Wildman–Crippen MR) is 77.5 cm³/mol. The molecule has 0 spiro atoms. The third-order valence-electron chi connectivity index (χ3n) is 3.05. The zero-order valence-electron chi connectivity index (χ0n) is 9.73. The maximum atomic E-state index is 10.1. The van der Waals surface area contributed by atoms with Crippen LogP contribution in [0.2, 0.25) is 0 Å². The molecule has 1 heterocycles. The molecule has 2 N–H and O–H groups in total. The minimum absolute atomic E-state index is 0.415. The fraction of sp³-hybridized carbons (Fsp3) is 0.538. The van der Waals surface area contributed by atoms with E-state index in [0.29, 0.717) is 12.6 Å². The van der Waals surface area contributed by atoms with Gasteiger partial charge in [0.05, 0.1) is 6.10 Å². The first-order valence-electron chi connectivity index (χ1n) is 6.00.